The van der Waals surface area contributed by atoms with Gasteiger partial charge in [-0.2, -0.15) is 0 Å². The van der Waals surface area contributed by atoms with E-state index >= 15 is 0 Å². The highest BCUT2D eigenvalue weighted by atomic mass is 32.2. The third kappa shape index (κ3) is 3.96. The van der Waals surface area contributed by atoms with E-state index in [0.717, 1.165) is 21.7 Å². The van der Waals surface area contributed by atoms with Gasteiger partial charge in [0.15, 0.2) is 0 Å². The normalized spacial score (nSPS) is 11.8. The van der Waals surface area contributed by atoms with Crippen LogP contribution in [0.2, 0.25) is 0 Å². The van der Waals surface area contributed by atoms with Gasteiger partial charge in [-0.1, -0.05) is 36.4 Å². The van der Waals surface area contributed by atoms with E-state index in [1.54, 1.807) is 30.3 Å². The van der Waals surface area contributed by atoms with Crippen LogP contribution in [0.5, 0.6) is 0 Å². The standard InChI is InChI=1S/C21H17FN2O2S2/c22-17-10-8-16(9-11-17)21-24-18(14-27-21)12-13-23-28(25,26)20-7-3-5-15-4-1-2-6-19(15)20/h1-11,14,23H,12-13H2. The number of fused-ring (bicyclic) bond motifs is 1. The van der Waals surface area contributed by atoms with Crippen molar-refractivity contribution in [3.63, 3.8) is 0 Å². The summed E-state index contributed by atoms with van der Waals surface area (Å²) < 4.78 is 41.2. The Bertz CT molecular complexity index is 1210. The van der Waals surface area contributed by atoms with E-state index < -0.39 is 10.0 Å². The Morgan fingerprint density at radius 3 is 2.54 bits per heavy atom. The lowest BCUT2D eigenvalue weighted by Gasteiger charge is -2.09. The lowest BCUT2D eigenvalue weighted by molar-refractivity contribution is 0.582. The van der Waals surface area contributed by atoms with Crippen LogP contribution in [0, 0.1) is 5.82 Å². The third-order valence-corrected chi connectivity index (χ3v) is 6.81. The zero-order valence-electron chi connectivity index (χ0n) is 14.8. The molecule has 1 heterocycles. The fraction of sp³-hybridized carbons (Fsp3) is 0.0952. The number of nitrogens with one attached hydrogen (secondary N) is 1. The first kappa shape index (κ1) is 18.7. The molecule has 0 aliphatic heterocycles. The Hall–Kier alpha value is -2.61. The van der Waals surface area contributed by atoms with Crippen molar-refractivity contribution in [1.82, 2.24) is 9.71 Å². The highest BCUT2D eigenvalue weighted by Gasteiger charge is 2.16. The average molecular weight is 413 g/mol. The topological polar surface area (TPSA) is 59.1 Å². The smallest absolute Gasteiger partial charge is 0.241 e. The van der Waals surface area contributed by atoms with Crippen molar-refractivity contribution in [3.05, 3.63) is 83.6 Å². The van der Waals surface area contributed by atoms with Gasteiger partial charge in [0, 0.05) is 29.3 Å². The minimum Gasteiger partial charge on any atom is -0.241 e. The van der Waals surface area contributed by atoms with Crippen LogP contribution in [0.3, 0.4) is 0 Å². The molecule has 0 spiro atoms. The van der Waals surface area contributed by atoms with Gasteiger partial charge < -0.3 is 0 Å². The van der Waals surface area contributed by atoms with Crippen molar-refractivity contribution in [2.45, 2.75) is 11.3 Å². The van der Waals surface area contributed by atoms with E-state index in [4.69, 9.17) is 0 Å². The number of halogens is 1. The first-order valence-corrected chi connectivity index (χ1v) is 11.1. The van der Waals surface area contributed by atoms with Crippen molar-refractivity contribution >= 4 is 32.1 Å². The Labute approximate surface area is 166 Å². The van der Waals surface area contributed by atoms with Gasteiger partial charge in [-0.15, -0.1) is 11.3 Å². The van der Waals surface area contributed by atoms with Crippen LogP contribution in [0.15, 0.2) is 77.0 Å². The Balaban J connectivity index is 1.45. The quantitative estimate of drug-likeness (QED) is 0.503. The number of sulfonamides is 1. The molecule has 1 aromatic heterocycles. The molecule has 0 aliphatic rings. The number of nitrogens with zero attached hydrogens (tertiary/aromatic N) is 1. The van der Waals surface area contributed by atoms with E-state index in [9.17, 15) is 12.8 Å². The second kappa shape index (κ2) is 7.79. The van der Waals surface area contributed by atoms with Gasteiger partial charge in [0.1, 0.15) is 10.8 Å². The molecule has 0 atom stereocenters. The third-order valence-electron chi connectivity index (χ3n) is 4.36. The minimum absolute atomic E-state index is 0.248. The highest BCUT2D eigenvalue weighted by Crippen LogP contribution is 2.25. The maximum absolute atomic E-state index is 13.0. The van der Waals surface area contributed by atoms with Crippen molar-refractivity contribution < 1.29 is 12.8 Å². The van der Waals surface area contributed by atoms with Crippen LogP contribution in [0.4, 0.5) is 4.39 Å². The predicted molar refractivity (Wildman–Crippen MR) is 110 cm³/mol. The summed E-state index contributed by atoms with van der Waals surface area (Å²) in [5.41, 5.74) is 1.64. The first-order chi connectivity index (χ1) is 13.5. The molecule has 142 valence electrons. The first-order valence-electron chi connectivity index (χ1n) is 8.71. The molecular weight excluding hydrogens is 395 g/mol. The van der Waals surface area contributed by atoms with Gasteiger partial charge in [0.2, 0.25) is 10.0 Å². The lowest BCUT2D eigenvalue weighted by atomic mass is 10.1. The molecule has 0 amide bonds. The van der Waals surface area contributed by atoms with Crippen molar-refractivity contribution in [2.75, 3.05) is 6.54 Å². The summed E-state index contributed by atoms with van der Waals surface area (Å²) in [5, 5.41) is 4.26. The van der Waals surface area contributed by atoms with Crippen LogP contribution < -0.4 is 4.72 Å². The molecular formula is C21H17FN2O2S2. The van der Waals surface area contributed by atoms with Crippen molar-refractivity contribution in [1.29, 1.82) is 0 Å². The van der Waals surface area contributed by atoms with Gasteiger partial charge in [-0.05, 0) is 35.7 Å². The molecule has 0 bridgehead atoms. The van der Waals surface area contributed by atoms with Gasteiger partial charge in [0.25, 0.3) is 0 Å². The maximum atomic E-state index is 13.0. The van der Waals surface area contributed by atoms with Crippen molar-refractivity contribution in [2.24, 2.45) is 0 Å². The van der Waals surface area contributed by atoms with Crippen LogP contribution >= 0.6 is 11.3 Å². The van der Waals surface area contributed by atoms with Crippen LogP contribution in [0.1, 0.15) is 5.69 Å². The Morgan fingerprint density at radius 2 is 1.71 bits per heavy atom. The minimum atomic E-state index is -3.62. The van der Waals surface area contributed by atoms with Crippen LogP contribution in [0.25, 0.3) is 21.3 Å². The number of benzene rings is 3. The molecule has 0 radical (unpaired) electrons. The van der Waals surface area contributed by atoms with Crippen LogP contribution in [-0.2, 0) is 16.4 Å². The van der Waals surface area contributed by atoms with Gasteiger partial charge in [-0.3, -0.25) is 0 Å². The summed E-state index contributed by atoms with van der Waals surface area (Å²) in [4.78, 5) is 4.79. The molecule has 0 unspecified atom stereocenters. The zero-order chi connectivity index (χ0) is 19.6. The van der Waals surface area contributed by atoms with Gasteiger partial charge in [0.05, 0.1) is 10.6 Å². The maximum Gasteiger partial charge on any atom is 0.241 e. The number of thiazole rings is 1. The second-order valence-corrected chi connectivity index (χ2v) is 8.87. The molecule has 4 nitrogen and oxygen atoms in total. The molecule has 0 saturated carbocycles. The summed E-state index contributed by atoms with van der Waals surface area (Å²) in [6.07, 6.45) is 0.474. The lowest BCUT2D eigenvalue weighted by Crippen LogP contribution is -2.26. The van der Waals surface area contributed by atoms with E-state index in [2.05, 4.69) is 9.71 Å². The molecule has 28 heavy (non-hydrogen) atoms. The largest absolute Gasteiger partial charge is 0.241 e. The van der Waals surface area contributed by atoms with Crippen molar-refractivity contribution in [3.8, 4) is 10.6 Å². The van der Waals surface area contributed by atoms with E-state index in [-0.39, 0.29) is 17.3 Å². The average Bonchev–Trinajstić information content (AvgIpc) is 3.17. The molecule has 1 N–H and O–H groups in total. The summed E-state index contributed by atoms with van der Waals surface area (Å²) in [7, 11) is -3.62. The summed E-state index contributed by atoms with van der Waals surface area (Å²) in [5.74, 6) is -0.289. The zero-order valence-corrected chi connectivity index (χ0v) is 16.4. The molecule has 0 fully saturated rings. The van der Waals surface area contributed by atoms with E-state index in [1.807, 2.05) is 29.6 Å². The van der Waals surface area contributed by atoms with Gasteiger partial charge in [-0.25, -0.2) is 22.5 Å². The summed E-state index contributed by atoms with van der Waals surface area (Å²) in [6, 6.07) is 18.8. The SMILES string of the molecule is O=S(=O)(NCCc1csc(-c2ccc(F)cc2)n1)c1cccc2ccccc12. The highest BCUT2D eigenvalue weighted by molar-refractivity contribution is 7.89. The molecule has 4 aromatic rings. The van der Waals surface area contributed by atoms with Gasteiger partial charge >= 0.3 is 0 Å². The molecule has 7 heteroatoms. The Morgan fingerprint density at radius 1 is 0.964 bits per heavy atom. The number of aromatic nitrogens is 1. The number of hydrogen-bond donors (Lipinski definition) is 1. The fourth-order valence-corrected chi connectivity index (χ4v) is 5.09. The summed E-state index contributed by atoms with van der Waals surface area (Å²) in [6.45, 7) is 0.248. The van der Waals surface area contributed by atoms with E-state index in [1.165, 1.54) is 23.5 Å². The molecule has 4 rings (SSSR count). The number of rotatable bonds is 6. The molecule has 0 aliphatic carbocycles. The Kier molecular flexibility index (Phi) is 5.21. The predicted octanol–water partition coefficient (Wildman–Crippen LogP) is 4.62. The van der Waals surface area contributed by atoms with E-state index in [0.29, 0.717) is 11.8 Å². The monoisotopic (exact) mass is 412 g/mol. The molecule has 3 aromatic carbocycles. The van der Waals surface area contributed by atoms with Crippen LogP contribution in [-0.4, -0.2) is 19.9 Å². The summed E-state index contributed by atoms with van der Waals surface area (Å²) >= 11 is 1.45. The fourth-order valence-electron chi connectivity index (χ4n) is 2.97. The number of hydrogen-bond acceptors (Lipinski definition) is 4. The second-order valence-electron chi connectivity index (χ2n) is 6.28. The molecule has 0 saturated heterocycles.